The SMILES string of the molecule is O=C(NCCOc1cccc(C(F)(F)F)c1)C1CCN(c2ccc(-n3cncn3)nn2)CC1. The molecule has 1 aliphatic heterocycles. The number of carbonyl (C=O) groups excluding carboxylic acids is 1. The summed E-state index contributed by atoms with van der Waals surface area (Å²) in [7, 11) is 0. The molecule has 4 rings (SSSR count). The summed E-state index contributed by atoms with van der Waals surface area (Å²) in [6.07, 6.45) is -0.145. The number of hydrogen-bond donors (Lipinski definition) is 1. The van der Waals surface area contributed by atoms with Crippen molar-refractivity contribution in [2.45, 2.75) is 19.0 Å². The first-order valence-electron chi connectivity index (χ1n) is 10.4. The van der Waals surface area contributed by atoms with Crippen LogP contribution < -0.4 is 15.0 Å². The van der Waals surface area contributed by atoms with Gasteiger partial charge in [0, 0.05) is 19.0 Å². The summed E-state index contributed by atoms with van der Waals surface area (Å²) in [4.78, 5) is 18.4. The lowest BCUT2D eigenvalue weighted by atomic mass is 9.96. The molecule has 174 valence electrons. The molecule has 0 spiro atoms. The Morgan fingerprint density at radius 3 is 2.55 bits per heavy atom. The molecular weight excluding hydrogens is 439 g/mol. The van der Waals surface area contributed by atoms with Gasteiger partial charge in [-0.1, -0.05) is 6.07 Å². The molecule has 0 bridgehead atoms. The third-order valence-corrected chi connectivity index (χ3v) is 5.31. The van der Waals surface area contributed by atoms with E-state index in [2.05, 4.69) is 30.5 Å². The van der Waals surface area contributed by atoms with Crippen LogP contribution in [-0.2, 0) is 11.0 Å². The predicted molar refractivity (Wildman–Crippen MR) is 112 cm³/mol. The van der Waals surface area contributed by atoms with E-state index >= 15 is 0 Å². The van der Waals surface area contributed by atoms with Crippen molar-refractivity contribution in [2.24, 2.45) is 5.92 Å². The zero-order chi connectivity index (χ0) is 23.3. The number of nitrogens with one attached hydrogen (secondary N) is 1. The number of carbonyl (C=O) groups is 1. The zero-order valence-corrected chi connectivity index (χ0v) is 17.6. The summed E-state index contributed by atoms with van der Waals surface area (Å²) >= 11 is 0. The third-order valence-electron chi connectivity index (χ3n) is 5.31. The quantitative estimate of drug-likeness (QED) is 0.540. The second-order valence-electron chi connectivity index (χ2n) is 7.52. The molecule has 3 aromatic rings. The number of rotatable bonds is 7. The van der Waals surface area contributed by atoms with Gasteiger partial charge in [-0.2, -0.15) is 18.3 Å². The van der Waals surface area contributed by atoms with Crippen LogP contribution in [0.1, 0.15) is 18.4 Å². The van der Waals surface area contributed by atoms with Gasteiger partial charge >= 0.3 is 6.18 Å². The number of hydrogen-bond acceptors (Lipinski definition) is 7. The van der Waals surface area contributed by atoms with E-state index in [1.165, 1.54) is 23.1 Å². The lowest BCUT2D eigenvalue weighted by molar-refractivity contribution is -0.137. The minimum absolute atomic E-state index is 0.0829. The molecule has 1 aliphatic rings. The summed E-state index contributed by atoms with van der Waals surface area (Å²) < 4.78 is 45.1. The Balaban J connectivity index is 1.19. The summed E-state index contributed by atoms with van der Waals surface area (Å²) in [5.41, 5.74) is -0.770. The van der Waals surface area contributed by atoms with Crippen molar-refractivity contribution < 1.29 is 22.7 Å². The highest BCUT2D eigenvalue weighted by Crippen LogP contribution is 2.31. The normalized spacial score (nSPS) is 14.8. The first kappa shape index (κ1) is 22.5. The van der Waals surface area contributed by atoms with Crippen molar-refractivity contribution in [3.05, 3.63) is 54.6 Å². The van der Waals surface area contributed by atoms with E-state index in [0.29, 0.717) is 31.7 Å². The number of halogens is 3. The highest BCUT2D eigenvalue weighted by Gasteiger charge is 2.30. The van der Waals surface area contributed by atoms with Gasteiger partial charge in [-0.25, -0.2) is 9.67 Å². The summed E-state index contributed by atoms with van der Waals surface area (Å²) in [5.74, 6) is 1.18. The van der Waals surface area contributed by atoms with Gasteiger partial charge in [0.05, 0.1) is 12.1 Å². The maximum Gasteiger partial charge on any atom is 0.416 e. The van der Waals surface area contributed by atoms with Gasteiger partial charge in [-0.3, -0.25) is 4.79 Å². The topological polar surface area (TPSA) is 98.1 Å². The van der Waals surface area contributed by atoms with Crippen LogP contribution in [0.4, 0.5) is 19.0 Å². The van der Waals surface area contributed by atoms with Gasteiger partial charge in [-0.05, 0) is 43.2 Å². The first-order chi connectivity index (χ1) is 15.9. The van der Waals surface area contributed by atoms with Gasteiger partial charge in [0.1, 0.15) is 25.0 Å². The first-order valence-corrected chi connectivity index (χ1v) is 10.4. The second kappa shape index (κ2) is 9.84. The Bertz CT molecular complexity index is 1050. The Morgan fingerprint density at radius 2 is 1.88 bits per heavy atom. The van der Waals surface area contributed by atoms with Crippen LogP contribution >= 0.6 is 0 Å². The van der Waals surface area contributed by atoms with E-state index in [4.69, 9.17) is 4.74 Å². The Morgan fingerprint density at radius 1 is 1.12 bits per heavy atom. The summed E-state index contributed by atoms with van der Waals surface area (Å²) in [5, 5.41) is 15.2. The highest BCUT2D eigenvalue weighted by molar-refractivity contribution is 5.78. The lowest BCUT2D eigenvalue weighted by Gasteiger charge is -2.31. The Labute approximate surface area is 187 Å². The van der Waals surface area contributed by atoms with Crippen LogP contribution in [0.3, 0.4) is 0 Å². The fraction of sp³-hybridized carbons (Fsp3) is 0.381. The molecule has 0 radical (unpaired) electrons. The molecule has 12 heteroatoms. The van der Waals surface area contributed by atoms with Crippen molar-refractivity contribution in [2.75, 3.05) is 31.1 Å². The summed E-state index contributed by atoms with van der Waals surface area (Å²) in [6, 6.07) is 8.33. The molecular formula is C21H22F3N7O2. The zero-order valence-electron chi connectivity index (χ0n) is 17.6. The average molecular weight is 461 g/mol. The smallest absolute Gasteiger partial charge is 0.416 e. The molecule has 33 heavy (non-hydrogen) atoms. The summed E-state index contributed by atoms with van der Waals surface area (Å²) in [6.45, 7) is 1.62. The maximum absolute atomic E-state index is 12.8. The molecule has 1 aromatic carbocycles. The van der Waals surface area contributed by atoms with Gasteiger partial charge in [0.2, 0.25) is 5.91 Å². The molecule has 1 amide bonds. The van der Waals surface area contributed by atoms with E-state index < -0.39 is 11.7 Å². The van der Waals surface area contributed by atoms with E-state index in [0.717, 1.165) is 18.0 Å². The number of anilines is 1. The predicted octanol–water partition coefficient (Wildman–Crippen LogP) is 2.49. The fourth-order valence-electron chi connectivity index (χ4n) is 3.56. The highest BCUT2D eigenvalue weighted by atomic mass is 19.4. The fourth-order valence-corrected chi connectivity index (χ4v) is 3.56. The molecule has 2 aromatic heterocycles. The number of aromatic nitrogens is 5. The molecule has 0 atom stereocenters. The molecule has 1 saturated heterocycles. The molecule has 0 aliphatic carbocycles. The van der Waals surface area contributed by atoms with Gasteiger partial charge in [-0.15, -0.1) is 10.2 Å². The molecule has 1 N–H and O–H groups in total. The van der Waals surface area contributed by atoms with Crippen LogP contribution in [0.5, 0.6) is 5.75 Å². The monoisotopic (exact) mass is 461 g/mol. The minimum Gasteiger partial charge on any atom is -0.492 e. The van der Waals surface area contributed by atoms with Crippen molar-refractivity contribution in [1.82, 2.24) is 30.3 Å². The Hall–Kier alpha value is -3.70. The number of nitrogens with zero attached hydrogens (tertiary/aromatic N) is 6. The number of alkyl halides is 3. The Kier molecular flexibility index (Phi) is 6.71. The van der Waals surface area contributed by atoms with Gasteiger partial charge < -0.3 is 15.0 Å². The van der Waals surface area contributed by atoms with E-state index in [1.807, 2.05) is 6.07 Å². The lowest BCUT2D eigenvalue weighted by Crippen LogP contribution is -2.41. The van der Waals surface area contributed by atoms with Crippen LogP contribution in [0.15, 0.2) is 49.1 Å². The van der Waals surface area contributed by atoms with Crippen molar-refractivity contribution in [1.29, 1.82) is 0 Å². The van der Waals surface area contributed by atoms with Crippen LogP contribution in [0.25, 0.3) is 5.82 Å². The number of amides is 1. The molecule has 0 saturated carbocycles. The third kappa shape index (κ3) is 5.76. The number of piperidine rings is 1. The van der Waals surface area contributed by atoms with E-state index in [-0.39, 0.29) is 30.7 Å². The van der Waals surface area contributed by atoms with Crippen LogP contribution in [0, 0.1) is 5.92 Å². The van der Waals surface area contributed by atoms with Gasteiger partial charge in [0.25, 0.3) is 0 Å². The average Bonchev–Trinajstić information content (AvgIpc) is 3.37. The second-order valence-corrected chi connectivity index (χ2v) is 7.52. The van der Waals surface area contributed by atoms with Gasteiger partial charge in [0.15, 0.2) is 11.6 Å². The standard InChI is InChI=1S/C21H22F3N7O2/c22-21(23,24)16-2-1-3-17(12-16)33-11-8-26-20(32)15-6-9-30(10-7-15)18-4-5-19(29-28-18)31-14-25-13-27-31/h1-5,12-15H,6-11H2,(H,26,32). The van der Waals surface area contributed by atoms with Crippen LogP contribution in [0.2, 0.25) is 0 Å². The van der Waals surface area contributed by atoms with Crippen molar-refractivity contribution in [3.8, 4) is 11.6 Å². The number of benzene rings is 1. The molecule has 1 fully saturated rings. The number of ether oxygens (including phenoxy) is 1. The maximum atomic E-state index is 12.8. The van der Waals surface area contributed by atoms with Crippen molar-refractivity contribution >= 4 is 11.7 Å². The van der Waals surface area contributed by atoms with Crippen molar-refractivity contribution in [3.63, 3.8) is 0 Å². The molecule has 9 nitrogen and oxygen atoms in total. The van der Waals surface area contributed by atoms with E-state index in [1.54, 1.807) is 12.4 Å². The van der Waals surface area contributed by atoms with Crippen LogP contribution in [-0.4, -0.2) is 57.1 Å². The largest absolute Gasteiger partial charge is 0.492 e. The van der Waals surface area contributed by atoms with E-state index in [9.17, 15) is 18.0 Å². The molecule has 0 unspecified atom stereocenters. The molecule has 3 heterocycles. The minimum atomic E-state index is -4.42.